The largest absolute Gasteiger partial charge is 0.384 e. The SMILES string of the molecule is N[C@@H]1CCCC[C@]1(O)/C=C/c1ccccc1. The quantitative estimate of drug-likeness (QED) is 0.798. The first-order valence-electron chi connectivity index (χ1n) is 5.93. The van der Waals surface area contributed by atoms with Gasteiger partial charge in [-0.15, -0.1) is 0 Å². The van der Waals surface area contributed by atoms with Crippen molar-refractivity contribution in [3.8, 4) is 0 Å². The summed E-state index contributed by atoms with van der Waals surface area (Å²) in [6, 6.07) is 9.89. The standard InChI is InChI=1S/C14H19NO/c15-13-8-4-5-10-14(13,16)11-9-12-6-2-1-3-7-12/h1-3,6-7,9,11,13,16H,4-5,8,10,15H2/b11-9+/t13-,14+/m1/s1. The normalized spacial score (nSPS) is 30.8. The summed E-state index contributed by atoms with van der Waals surface area (Å²) >= 11 is 0. The van der Waals surface area contributed by atoms with Crippen molar-refractivity contribution in [2.24, 2.45) is 5.73 Å². The van der Waals surface area contributed by atoms with Crippen molar-refractivity contribution in [1.29, 1.82) is 0 Å². The maximum absolute atomic E-state index is 10.4. The van der Waals surface area contributed by atoms with Crippen LogP contribution in [0.2, 0.25) is 0 Å². The van der Waals surface area contributed by atoms with Gasteiger partial charge in [0.2, 0.25) is 0 Å². The summed E-state index contributed by atoms with van der Waals surface area (Å²) in [4.78, 5) is 0. The van der Waals surface area contributed by atoms with E-state index in [1.807, 2.05) is 42.5 Å². The molecule has 1 aliphatic rings. The molecule has 2 rings (SSSR count). The lowest BCUT2D eigenvalue weighted by molar-refractivity contribution is 0.0323. The van der Waals surface area contributed by atoms with Gasteiger partial charge in [-0.25, -0.2) is 0 Å². The molecular formula is C14H19NO. The van der Waals surface area contributed by atoms with E-state index < -0.39 is 5.60 Å². The fourth-order valence-corrected chi connectivity index (χ4v) is 2.22. The molecule has 0 bridgehead atoms. The van der Waals surface area contributed by atoms with Crippen LogP contribution in [0.1, 0.15) is 31.2 Å². The average molecular weight is 217 g/mol. The molecule has 2 nitrogen and oxygen atoms in total. The predicted molar refractivity (Wildman–Crippen MR) is 66.9 cm³/mol. The second kappa shape index (κ2) is 4.81. The van der Waals surface area contributed by atoms with E-state index in [0.29, 0.717) is 0 Å². The van der Waals surface area contributed by atoms with Crippen LogP contribution in [-0.4, -0.2) is 16.7 Å². The van der Waals surface area contributed by atoms with Gasteiger partial charge in [-0.2, -0.15) is 0 Å². The first-order chi connectivity index (χ1) is 7.71. The molecule has 0 spiro atoms. The number of nitrogens with two attached hydrogens (primary N) is 1. The minimum absolute atomic E-state index is 0.124. The summed E-state index contributed by atoms with van der Waals surface area (Å²) in [5.41, 5.74) is 6.27. The third kappa shape index (κ3) is 2.52. The average Bonchev–Trinajstić information content (AvgIpc) is 2.32. The Morgan fingerprint density at radius 1 is 1.25 bits per heavy atom. The van der Waals surface area contributed by atoms with Crippen molar-refractivity contribution in [2.45, 2.75) is 37.3 Å². The van der Waals surface area contributed by atoms with Crippen molar-refractivity contribution >= 4 is 6.08 Å². The van der Waals surface area contributed by atoms with Crippen molar-refractivity contribution in [1.82, 2.24) is 0 Å². The van der Waals surface area contributed by atoms with Gasteiger partial charge in [-0.3, -0.25) is 0 Å². The summed E-state index contributed by atoms with van der Waals surface area (Å²) in [7, 11) is 0. The van der Waals surface area contributed by atoms with Gasteiger partial charge in [-0.05, 0) is 18.4 Å². The Morgan fingerprint density at radius 3 is 2.69 bits per heavy atom. The Morgan fingerprint density at radius 2 is 2.00 bits per heavy atom. The third-order valence-corrected chi connectivity index (χ3v) is 3.35. The van der Waals surface area contributed by atoms with Crippen molar-refractivity contribution < 1.29 is 5.11 Å². The van der Waals surface area contributed by atoms with Gasteiger partial charge in [0.05, 0.1) is 5.60 Å². The molecule has 0 aromatic heterocycles. The molecule has 3 N–H and O–H groups in total. The zero-order chi connectivity index (χ0) is 11.4. The van der Waals surface area contributed by atoms with Gasteiger partial charge in [0.1, 0.15) is 0 Å². The van der Waals surface area contributed by atoms with Gasteiger partial charge in [0.15, 0.2) is 0 Å². The van der Waals surface area contributed by atoms with Crippen LogP contribution in [0.3, 0.4) is 0 Å². The fourth-order valence-electron chi connectivity index (χ4n) is 2.22. The molecule has 2 heteroatoms. The van der Waals surface area contributed by atoms with Crippen LogP contribution in [0, 0.1) is 0 Å². The van der Waals surface area contributed by atoms with Crippen molar-refractivity contribution in [3.05, 3.63) is 42.0 Å². The summed E-state index contributed by atoms with van der Waals surface area (Å²) in [6.07, 6.45) is 7.70. The van der Waals surface area contributed by atoms with Gasteiger partial charge < -0.3 is 10.8 Å². The molecule has 0 heterocycles. The number of hydrogen-bond acceptors (Lipinski definition) is 2. The van der Waals surface area contributed by atoms with Crippen molar-refractivity contribution in [3.63, 3.8) is 0 Å². The lowest BCUT2D eigenvalue weighted by atomic mass is 9.80. The number of aliphatic hydroxyl groups is 1. The molecular weight excluding hydrogens is 198 g/mol. The molecule has 1 aromatic carbocycles. The molecule has 86 valence electrons. The van der Waals surface area contributed by atoms with E-state index in [0.717, 1.165) is 31.2 Å². The molecule has 2 atom stereocenters. The topological polar surface area (TPSA) is 46.2 Å². The van der Waals surface area contributed by atoms with Crippen LogP contribution >= 0.6 is 0 Å². The minimum Gasteiger partial charge on any atom is -0.384 e. The smallest absolute Gasteiger partial charge is 0.0981 e. The second-order valence-electron chi connectivity index (χ2n) is 4.59. The lowest BCUT2D eigenvalue weighted by Crippen LogP contribution is -2.48. The maximum atomic E-state index is 10.4. The van der Waals surface area contributed by atoms with E-state index in [1.165, 1.54) is 0 Å². The highest BCUT2D eigenvalue weighted by Crippen LogP contribution is 2.29. The Bertz CT molecular complexity index is 360. The Kier molecular flexibility index (Phi) is 3.42. The summed E-state index contributed by atoms with van der Waals surface area (Å²) in [6.45, 7) is 0. The van der Waals surface area contributed by atoms with Crippen LogP contribution in [-0.2, 0) is 0 Å². The lowest BCUT2D eigenvalue weighted by Gasteiger charge is -2.35. The van der Waals surface area contributed by atoms with Gasteiger partial charge in [0.25, 0.3) is 0 Å². The molecule has 0 unspecified atom stereocenters. The van der Waals surface area contributed by atoms with E-state index in [2.05, 4.69) is 0 Å². The van der Waals surface area contributed by atoms with Crippen LogP contribution in [0.5, 0.6) is 0 Å². The highest BCUT2D eigenvalue weighted by molar-refractivity contribution is 5.50. The van der Waals surface area contributed by atoms with Gasteiger partial charge >= 0.3 is 0 Å². The van der Waals surface area contributed by atoms with E-state index >= 15 is 0 Å². The van der Waals surface area contributed by atoms with E-state index in [9.17, 15) is 5.11 Å². The molecule has 0 aliphatic heterocycles. The Labute approximate surface area is 96.8 Å². The van der Waals surface area contributed by atoms with E-state index in [1.54, 1.807) is 0 Å². The summed E-state index contributed by atoms with van der Waals surface area (Å²) in [5.74, 6) is 0. The maximum Gasteiger partial charge on any atom is 0.0981 e. The third-order valence-electron chi connectivity index (χ3n) is 3.35. The van der Waals surface area contributed by atoms with Gasteiger partial charge in [-0.1, -0.05) is 55.3 Å². The van der Waals surface area contributed by atoms with Crippen LogP contribution in [0.4, 0.5) is 0 Å². The number of hydrogen-bond donors (Lipinski definition) is 2. The first-order valence-corrected chi connectivity index (χ1v) is 5.93. The predicted octanol–water partition coefficient (Wildman–Crippen LogP) is 2.33. The van der Waals surface area contributed by atoms with Crippen LogP contribution < -0.4 is 5.73 Å². The van der Waals surface area contributed by atoms with Gasteiger partial charge in [0, 0.05) is 6.04 Å². The minimum atomic E-state index is -0.811. The Balaban J connectivity index is 2.10. The molecule has 1 aromatic rings. The number of benzene rings is 1. The molecule has 16 heavy (non-hydrogen) atoms. The van der Waals surface area contributed by atoms with E-state index in [4.69, 9.17) is 5.73 Å². The number of rotatable bonds is 2. The van der Waals surface area contributed by atoms with Crippen LogP contribution in [0.25, 0.3) is 6.08 Å². The molecule has 1 fully saturated rings. The monoisotopic (exact) mass is 217 g/mol. The molecule has 1 aliphatic carbocycles. The highest BCUT2D eigenvalue weighted by atomic mass is 16.3. The first kappa shape index (κ1) is 11.4. The summed E-state index contributed by atoms with van der Waals surface area (Å²) in [5, 5.41) is 10.4. The molecule has 1 saturated carbocycles. The molecule has 0 radical (unpaired) electrons. The van der Waals surface area contributed by atoms with Crippen LogP contribution in [0.15, 0.2) is 36.4 Å². The Hall–Kier alpha value is -1.12. The van der Waals surface area contributed by atoms with E-state index in [-0.39, 0.29) is 6.04 Å². The zero-order valence-corrected chi connectivity index (χ0v) is 9.47. The second-order valence-corrected chi connectivity index (χ2v) is 4.59. The zero-order valence-electron chi connectivity index (χ0n) is 9.47. The fraction of sp³-hybridized carbons (Fsp3) is 0.429. The summed E-state index contributed by atoms with van der Waals surface area (Å²) < 4.78 is 0. The van der Waals surface area contributed by atoms with Crippen molar-refractivity contribution in [2.75, 3.05) is 0 Å². The molecule has 0 saturated heterocycles. The highest BCUT2D eigenvalue weighted by Gasteiger charge is 2.33. The molecule has 0 amide bonds.